The molecule has 204 valence electrons. The number of aromatic amines is 1. The highest BCUT2D eigenvalue weighted by atomic mass is 16.5. The highest BCUT2D eigenvalue weighted by Crippen LogP contribution is 2.44. The lowest BCUT2D eigenvalue weighted by atomic mass is 9.92. The zero-order valence-corrected chi connectivity index (χ0v) is 22.0. The van der Waals surface area contributed by atoms with Gasteiger partial charge in [-0.1, -0.05) is 0 Å². The van der Waals surface area contributed by atoms with Gasteiger partial charge in [0.05, 0.1) is 41.4 Å². The van der Waals surface area contributed by atoms with Crippen molar-refractivity contribution in [1.29, 1.82) is 0 Å². The van der Waals surface area contributed by atoms with E-state index in [2.05, 4.69) is 20.6 Å². The van der Waals surface area contributed by atoms with Crippen molar-refractivity contribution in [2.45, 2.75) is 83.0 Å². The minimum absolute atomic E-state index is 0.0147. The number of hydrogen-bond acceptors (Lipinski definition) is 8. The maximum atomic E-state index is 13.2. The Balaban J connectivity index is 1.21. The zero-order valence-electron chi connectivity index (χ0n) is 22.0. The SMILES string of the molecule is CCOC(=O)c1cn[nH]c1OC1CCC(NC(=O)c2cnn3c(C4CC4)c(OCC(C)(C)O)ccc23)CC1. The van der Waals surface area contributed by atoms with E-state index in [-0.39, 0.29) is 36.8 Å². The van der Waals surface area contributed by atoms with Gasteiger partial charge in [0.1, 0.15) is 24.0 Å². The van der Waals surface area contributed by atoms with E-state index in [0.29, 0.717) is 23.1 Å². The van der Waals surface area contributed by atoms with Gasteiger partial charge >= 0.3 is 5.97 Å². The lowest BCUT2D eigenvalue weighted by Gasteiger charge is -2.29. The smallest absolute Gasteiger partial charge is 0.345 e. The number of H-pyrrole nitrogens is 1. The first kappa shape index (κ1) is 26.0. The van der Waals surface area contributed by atoms with Crippen LogP contribution in [0.5, 0.6) is 11.6 Å². The maximum Gasteiger partial charge on any atom is 0.345 e. The molecule has 0 unspecified atom stereocenters. The summed E-state index contributed by atoms with van der Waals surface area (Å²) in [4.78, 5) is 25.3. The Morgan fingerprint density at radius 3 is 2.58 bits per heavy atom. The van der Waals surface area contributed by atoms with Crippen molar-refractivity contribution in [1.82, 2.24) is 25.1 Å². The lowest BCUT2D eigenvalue weighted by molar-refractivity contribution is 0.0279. The Labute approximate surface area is 220 Å². The predicted molar refractivity (Wildman–Crippen MR) is 138 cm³/mol. The zero-order chi connectivity index (χ0) is 26.9. The molecule has 0 aromatic carbocycles. The van der Waals surface area contributed by atoms with Gasteiger partial charge in [0, 0.05) is 12.0 Å². The molecule has 5 rings (SSSR count). The van der Waals surface area contributed by atoms with Crippen LogP contribution in [0.25, 0.3) is 5.52 Å². The van der Waals surface area contributed by atoms with Crippen molar-refractivity contribution in [2.75, 3.05) is 13.2 Å². The van der Waals surface area contributed by atoms with Gasteiger partial charge in [-0.05, 0) is 71.4 Å². The monoisotopic (exact) mass is 525 g/mol. The summed E-state index contributed by atoms with van der Waals surface area (Å²) >= 11 is 0. The number of nitrogens with one attached hydrogen (secondary N) is 2. The minimum Gasteiger partial charge on any atom is -0.489 e. The minimum atomic E-state index is -0.948. The van der Waals surface area contributed by atoms with E-state index >= 15 is 0 Å². The second-order valence-electron chi connectivity index (χ2n) is 10.7. The van der Waals surface area contributed by atoms with E-state index in [1.807, 2.05) is 16.6 Å². The first-order valence-corrected chi connectivity index (χ1v) is 13.3. The number of nitrogens with zero attached hydrogens (tertiary/aromatic N) is 3. The number of carbonyl (C=O) groups is 2. The Hall–Kier alpha value is -3.60. The summed E-state index contributed by atoms with van der Waals surface area (Å²) in [6, 6.07) is 3.74. The third-order valence-electron chi connectivity index (χ3n) is 6.86. The molecule has 0 spiro atoms. The Morgan fingerprint density at radius 2 is 1.89 bits per heavy atom. The fourth-order valence-electron chi connectivity index (χ4n) is 4.81. The molecule has 1 amide bonds. The Bertz CT molecular complexity index is 1300. The largest absolute Gasteiger partial charge is 0.489 e. The average Bonchev–Trinajstić information content (AvgIpc) is 3.45. The molecule has 11 heteroatoms. The summed E-state index contributed by atoms with van der Waals surface area (Å²) in [5.74, 6) is 0.722. The van der Waals surface area contributed by atoms with Gasteiger partial charge in [-0.15, -0.1) is 0 Å². The summed E-state index contributed by atoms with van der Waals surface area (Å²) < 4.78 is 18.8. The molecule has 3 aromatic heterocycles. The van der Waals surface area contributed by atoms with Gasteiger partial charge in [0.2, 0.25) is 5.88 Å². The molecule has 0 atom stereocenters. The number of esters is 1. The quantitative estimate of drug-likeness (QED) is 0.342. The van der Waals surface area contributed by atoms with Gasteiger partial charge < -0.3 is 24.6 Å². The molecule has 2 aliphatic carbocycles. The van der Waals surface area contributed by atoms with E-state index < -0.39 is 11.6 Å². The number of pyridine rings is 1. The molecule has 0 aliphatic heterocycles. The molecule has 3 heterocycles. The topological polar surface area (TPSA) is 140 Å². The van der Waals surface area contributed by atoms with Gasteiger partial charge in [-0.25, -0.2) is 14.4 Å². The van der Waals surface area contributed by atoms with Crippen molar-refractivity contribution in [2.24, 2.45) is 0 Å². The number of ether oxygens (including phenoxy) is 3. The van der Waals surface area contributed by atoms with Crippen LogP contribution in [-0.4, -0.2) is 67.8 Å². The van der Waals surface area contributed by atoms with E-state index in [0.717, 1.165) is 49.7 Å². The average molecular weight is 526 g/mol. The van der Waals surface area contributed by atoms with Gasteiger partial charge in [-0.3, -0.25) is 4.79 Å². The van der Waals surface area contributed by atoms with E-state index in [1.54, 1.807) is 27.0 Å². The molecular weight excluding hydrogens is 490 g/mol. The van der Waals surface area contributed by atoms with Gasteiger partial charge in [0.15, 0.2) is 0 Å². The van der Waals surface area contributed by atoms with Crippen molar-refractivity contribution in [3.63, 3.8) is 0 Å². The third kappa shape index (κ3) is 5.77. The fraction of sp³-hybridized carbons (Fsp3) is 0.556. The van der Waals surface area contributed by atoms with Crippen LogP contribution < -0.4 is 14.8 Å². The van der Waals surface area contributed by atoms with Crippen LogP contribution >= 0.6 is 0 Å². The normalized spacial score (nSPS) is 19.8. The first-order valence-electron chi connectivity index (χ1n) is 13.3. The second kappa shape index (κ2) is 10.6. The summed E-state index contributed by atoms with van der Waals surface area (Å²) in [5, 5.41) is 24.4. The first-order chi connectivity index (χ1) is 18.2. The molecular formula is C27H35N5O6. The Morgan fingerprint density at radius 1 is 1.13 bits per heavy atom. The van der Waals surface area contributed by atoms with Crippen molar-refractivity contribution < 1.29 is 28.9 Å². The number of aliphatic hydroxyl groups is 1. The van der Waals surface area contributed by atoms with E-state index in [9.17, 15) is 14.7 Å². The summed E-state index contributed by atoms with van der Waals surface area (Å²) in [7, 11) is 0. The van der Waals surface area contributed by atoms with Crippen molar-refractivity contribution >= 4 is 17.4 Å². The molecule has 3 N–H and O–H groups in total. The van der Waals surface area contributed by atoms with Crippen molar-refractivity contribution in [3.8, 4) is 11.6 Å². The molecule has 2 aliphatic rings. The number of amides is 1. The predicted octanol–water partition coefficient (Wildman–Crippen LogP) is 3.38. The van der Waals surface area contributed by atoms with E-state index in [4.69, 9.17) is 14.2 Å². The molecule has 0 radical (unpaired) electrons. The number of hydrogen-bond donors (Lipinski definition) is 3. The van der Waals surface area contributed by atoms with E-state index in [1.165, 1.54) is 6.20 Å². The maximum absolute atomic E-state index is 13.2. The standard InChI is InChI=1S/C27H35N5O6/c1-4-36-26(34)20-13-28-31-25(20)38-18-9-7-17(8-10-18)30-24(33)19-14-29-32-21(19)11-12-22(23(32)16-5-6-16)37-15-27(2,3)35/h11-14,16-18,35H,4-10,15H2,1-3H3,(H,28,31)(H,30,33). The summed E-state index contributed by atoms with van der Waals surface area (Å²) in [6.45, 7) is 5.61. The highest BCUT2D eigenvalue weighted by Gasteiger charge is 2.32. The molecule has 2 saturated carbocycles. The molecule has 2 fully saturated rings. The lowest BCUT2D eigenvalue weighted by Crippen LogP contribution is -2.39. The van der Waals surface area contributed by atoms with Crippen molar-refractivity contribution in [3.05, 3.63) is 41.3 Å². The number of aromatic nitrogens is 4. The number of fused-ring (bicyclic) bond motifs is 1. The molecule has 0 saturated heterocycles. The van der Waals surface area contributed by atoms with Crippen LogP contribution in [0, 0.1) is 0 Å². The van der Waals surface area contributed by atoms with Crippen LogP contribution in [-0.2, 0) is 4.74 Å². The van der Waals surface area contributed by atoms with Gasteiger partial charge in [-0.2, -0.15) is 10.2 Å². The third-order valence-corrected chi connectivity index (χ3v) is 6.86. The van der Waals surface area contributed by atoms with Crippen LogP contribution in [0.2, 0.25) is 0 Å². The Kier molecular flexibility index (Phi) is 7.29. The van der Waals surface area contributed by atoms with Crippen LogP contribution in [0.1, 0.15) is 91.6 Å². The van der Waals surface area contributed by atoms with Gasteiger partial charge in [0.25, 0.3) is 5.91 Å². The molecule has 38 heavy (non-hydrogen) atoms. The highest BCUT2D eigenvalue weighted by molar-refractivity contribution is 6.00. The number of carbonyl (C=O) groups excluding carboxylic acids is 2. The summed E-state index contributed by atoms with van der Waals surface area (Å²) in [6.07, 6.45) is 7.99. The molecule has 11 nitrogen and oxygen atoms in total. The fourth-order valence-corrected chi connectivity index (χ4v) is 4.81. The summed E-state index contributed by atoms with van der Waals surface area (Å²) in [5.41, 5.74) is 1.55. The van der Waals surface area contributed by atoms with Crippen LogP contribution in [0.15, 0.2) is 24.5 Å². The van der Waals surface area contributed by atoms with Crippen LogP contribution in [0.4, 0.5) is 0 Å². The van der Waals surface area contributed by atoms with Crippen LogP contribution in [0.3, 0.4) is 0 Å². The molecule has 0 bridgehead atoms. The number of rotatable bonds is 10. The molecule has 3 aromatic rings. The second-order valence-corrected chi connectivity index (χ2v) is 10.7.